The SMILES string of the molecule is Cc1c(C(=O)N2CC=C(c3ccccc3)CC2)sc2nc3n(c(=O)c12)CCC3. The van der Waals surface area contributed by atoms with E-state index in [4.69, 9.17) is 0 Å². The van der Waals surface area contributed by atoms with Gasteiger partial charge in [0.25, 0.3) is 11.5 Å². The zero-order chi connectivity index (χ0) is 19.3. The van der Waals surface area contributed by atoms with E-state index >= 15 is 0 Å². The molecule has 0 N–H and O–H groups in total. The molecule has 6 heteroatoms. The Kier molecular flexibility index (Phi) is 4.16. The molecule has 5 rings (SSSR count). The molecule has 0 aliphatic carbocycles. The standard InChI is InChI=1S/C22H21N3O2S/c1-14-18-20(23-17-8-5-11-25(17)21(18)26)28-19(14)22(27)24-12-9-16(10-13-24)15-6-3-2-4-7-15/h2-4,6-7,9H,5,8,10-13H2,1H3. The highest BCUT2D eigenvalue weighted by molar-refractivity contribution is 7.20. The number of carbonyl (C=O) groups is 1. The van der Waals surface area contributed by atoms with Crippen molar-refractivity contribution in [3.8, 4) is 0 Å². The summed E-state index contributed by atoms with van der Waals surface area (Å²) >= 11 is 1.37. The Labute approximate surface area is 166 Å². The van der Waals surface area contributed by atoms with Gasteiger partial charge in [-0.25, -0.2) is 4.98 Å². The van der Waals surface area contributed by atoms with Crippen LogP contribution in [0, 0.1) is 6.92 Å². The Morgan fingerprint density at radius 2 is 1.96 bits per heavy atom. The third-order valence-electron chi connectivity index (χ3n) is 5.75. The lowest BCUT2D eigenvalue weighted by Crippen LogP contribution is -2.34. The van der Waals surface area contributed by atoms with Gasteiger partial charge in [0.05, 0.1) is 10.3 Å². The lowest BCUT2D eigenvalue weighted by molar-refractivity contribution is 0.0777. The number of carbonyl (C=O) groups excluding carboxylic acids is 1. The van der Waals surface area contributed by atoms with Crippen LogP contribution in [-0.4, -0.2) is 33.4 Å². The number of benzene rings is 1. The third kappa shape index (κ3) is 2.71. The normalized spacial score (nSPS) is 16.3. The predicted molar refractivity (Wildman–Crippen MR) is 112 cm³/mol. The summed E-state index contributed by atoms with van der Waals surface area (Å²) in [6.45, 7) is 3.90. The highest BCUT2D eigenvalue weighted by Gasteiger charge is 2.26. The van der Waals surface area contributed by atoms with Crippen molar-refractivity contribution in [2.75, 3.05) is 13.1 Å². The molecule has 4 heterocycles. The summed E-state index contributed by atoms with van der Waals surface area (Å²) in [7, 11) is 0. The van der Waals surface area contributed by atoms with Gasteiger partial charge in [0.1, 0.15) is 10.7 Å². The summed E-state index contributed by atoms with van der Waals surface area (Å²) in [5.41, 5.74) is 3.30. The number of aryl methyl sites for hydroxylation is 2. The van der Waals surface area contributed by atoms with Gasteiger partial charge in [-0.15, -0.1) is 11.3 Å². The molecular weight excluding hydrogens is 370 g/mol. The molecule has 2 aromatic heterocycles. The van der Waals surface area contributed by atoms with E-state index < -0.39 is 0 Å². The number of hydrogen-bond acceptors (Lipinski definition) is 4. The molecule has 0 bridgehead atoms. The maximum absolute atomic E-state index is 13.2. The van der Waals surface area contributed by atoms with Gasteiger partial charge >= 0.3 is 0 Å². The molecule has 0 atom stereocenters. The third-order valence-corrected chi connectivity index (χ3v) is 6.92. The van der Waals surface area contributed by atoms with E-state index in [0.29, 0.717) is 28.2 Å². The van der Waals surface area contributed by atoms with Gasteiger partial charge in [-0.2, -0.15) is 0 Å². The largest absolute Gasteiger partial charge is 0.334 e. The van der Waals surface area contributed by atoms with Crippen LogP contribution in [-0.2, 0) is 13.0 Å². The summed E-state index contributed by atoms with van der Waals surface area (Å²) in [5.74, 6) is 0.861. The van der Waals surface area contributed by atoms with Crippen LogP contribution in [0.15, 0.2) is 41.2 Å². The molecule has 1 amide bonds. The van der Waals surface area contributed by atoms with Gasteiger partial charge in [-0.3, -0.25) is 14.2 Å². The average Bonchev–Trinajstić information content (AvgIpc) is 3.33. The van der Waals surface area contributed by atoms with Crippen LogP contribution in [0.2, 0.25) is 0 Å². The van der Waals surface area contributed by atoms with E-state index in [1.165, 1.54) is 22.5 Å². The van der Waals surface area contributed by atoms with Crippen LogP contribution in [0.5, 0.6) is 0 Å². The van der Waals surface area contributed by atoms with E-state index in [1.54, 1.807) is 4.57 Å². The molecule has 142 valence electrons. The predicted octanol–water partition coefficient (Wildman–Crippen LogP) is 3.64. The second kappa shape index (κ2) is 6.71. The van der Waals surface area contributed by atoms with Crippen LogP contribution in [0.3, 0.4) is 0 Å². The number of aromatic nitrogens is 2. The number of amides is 1. The van der Waals surface area contributed by atoms with Crippen molar-refractivity contribution in [2.24, 2.45) is 0 Å². The average molecular weight is 391 g/mol. The molecule has 2 aliphatic heterocycles. The van der Waals surface area contributed by atoms with Crippen LogP contribution >= 0.6 is 11.3 Å². The topological polar surface area (TPSA) is 55.2 Å². The van der Waals surface area contributed by atoms with Crippen molar-refractivity contribution in [1.82, 2.24) is 14.5 Å². The smallest absolute Gasteiger partial charge is 0.264 e. The Balaban J connectivity index is 1.46. The maximum Gasteiger partial charge on any atom is 0.264 e. The molecule has 3 aromatic rings. The molecular formula is C22H21N3O2S. The molecule has 0 unspecified atom stereocenters. The van der Waals surface area contributed by atoms with Crippen molar-refractivity contribution in [1.29, 1.82) is 0 Å². The Morgan fingerprint density at radius 3 is 2.71 bits per heavy atom. The van der Waals surface area contributed by atoms with Crippen molar-refractivity contribution in [2.45, 2.75) is 32.7 Å². The van der Waals surface area contributed by atoms with Gasteiger partial charge in [0.15, 0.2) is 0 Å². The van der Waals surface area contributed by atoms with Crippen LogP contribution in [0.1, 0.15) is 39.5 Å². The van der Waals surface area contributed by atoms with Crippen molar-refractivity contribution in [3.05, 3.63) is 68.6 Å². The van der Waals surface area contributed by atoms with Gasteiger partial charge in [0, 0.05) is 26.1 Å². The minimum Gasteiger partial charge on any atom is -0.334 e. The fourth-order valence-corrected chi connectivity index (χ4v) is 5.35. The van der Waals surface area contributed by atoms with E-state index in [-0.39, 0.29) is 11.5 Å². The summed E-state index contributed by atoms with van der Waals surface area (Å²) in [6, 6.07) is 10.3. The summed E-state index contributed by atoms with van der Waals surface area (Å²) < 4.78 is 1.77. The molecule has 0 saturated carbocycles. The van der Waals surface area contributed by atoms with Crippen LogP contribution in [0.25, 0.3) is 15.8 Å². The number of rotatable bonds is 2. The van der Waals surface area contributed by atoms with Crippen molar-refractivity contribution in [3.63, 3.8) is 0 Å². The van der Waals surface area contributed by atoms with E-state index in [1.807, 2.05) is 30.0 Å². The number of hydrogen-bond donors (Lipinski definition) is 0. The second-order valence-corrected chi connectivity index (χ2v) is 8.42. The van der Waals surface area contributed by atoms with E-state index in [2.05, 4.69) is 23.2 Å². The van der Waals surface area contributed by atoms with Crippen LogP contribution in [0.4, 0.5) is 0 Å². The lowest BCUT2D eigenvalue weighted by atomic mass is 9.99. The Morgan fingerprint density at radius 1 is 1.14 bits per heavy atom. The molecule has 2 aliphatic rings. The molecule has 28 heavy (non-hydrogen) atoms. The first-order valence-electron chi connectivity index (χ1n) is 9.70. The first kappa shape index (κ1) is 17.4. The lowest BCUT2D eigenvalue weighted by Gasteiger charge is -2.26. The summed E-state index contributed by atoms with van der Waals surface area (Å²) in [5, 5.41) is 0.622. The Bertz CT molecular complexity index is 1170. The fourth-order valence-electron chi connectivity index (χ4n) is 4.19. The highest BCUT2D eigenvalue weighted by Crippen LogP contribution is 2.31. The van der Waals surface area contributed by atoms with Gasteiger partial charge < -0.3 is 4.90 Å². The highest BCUT2D eigenvalue weighted by atomic mass is 32.1. The molecule has 0 fully saturated rings. The molecule has 0 spiro atoms. The van der Waals surface area contributed by atoms with Gasteiger partial charge in [-0.05, 0) is 36.5 Å². The van der Waals surface area contributed by atoms with Crippen LogP contribution < -0.4 is 5.56 Å². The number of thiophene rings is 1. The summed E-state index contributed by atoms with van der Waals surface area (Å²) in [6.07, 6.45) is 4.79. The summed E-state index contributed by atoms with van der Waals surface area (Å²) in [4.78, 5) is 33.9. The Hall–Kier alpha value is -2.73. The zero-order valence-corrected chi connectivity index (χ0v) is 16.6. The maximum atomic E-state index is 13.2. The van der Waals surface area contributed by atoms with Crippen molar-refractivity contribution >= 4 is 33.0 Å². The van der Waals surface area contributed by atoms with E-state index in [0.717, 1.165) is 37.2 Å². The fraction of sp³-hybridized carbons (Fsp3) is 0.318. The first-order valence-corrected chi connectivity index (χ1v) is 10.5. The minimum absolute atomic E-state index is 0.00780. The quantitative estimate of drug-likeness (QED) is 0.670. The molecule has 5 nitrogen and oxygen atoms in total. The van der Waals surface area contributed by atoms with Gasteiger partial charge in [-0.1, -0.05) is 36.4 Å². The monoisotopic (exact) mass is 391 g/mol. The minimum atomic E-state index is 0.00780. The second-order valence-electron chi connectivity index (χ2n) is 7.42. The molecule has 0 saturated heterocycles. The van der Waals surface area contributed by atoms with E-state index in [9.17, 15) is 9.59 Å². The van der Waals surface area contributed by atoms with Gasteiger partial charge in [0.2, 0.25) is 0 Å². The zero-order valence-electron chi connectivity index (χ0n) is 15.8. The number of fused-ring (bicyclic) bond motifs is 2. The van der Waals surface area contributed by atoms with Crippen molar-refractivity contribution < 1.29 is 4.79 Å². The molecule has 1 aromatic carbocycles. The molecule has 0 radical (unpaired) electrons. The number of nitrogens with zero attached hydrogens (tertiary/aromatic N) is 3. The first-order chi connectivity index (χ1) is 13.6.